The molecule has 0 saturated heterocycles. The van der Waals surface area contributed by atoms with E-state index >= 15 is 0 Å². The summed E-state index contributed by atoms with van der Waals surface area (Å²) in [6.07, 6.45) is 2.16. The summed E-state index contributed by atoms with van der Waals surface area (Å²) < 4.78 is 0. The number of hydroxylamine groups is 4. The molecule has 1 rings (SSSR count). The molecule has 0 spiro atoms. The maximum absolute atomic E-state index is 5.31. The van der Waals surface area contributed by atoms with E-state index in [0.717, 1.165) is 5.70 Å². The van der Waals surface area contributed by atoms with E-state index in [1.54, 1.807) is 5.06 Å². The summed E-state index contributed by atoms with van der Waals surface area (Å²) in [5, 5.41) is 3.56. The SMILES string of the molecule is CC1=CC(C)N(C)ON1C. The summed E-state index contributed by atoms with van der Waals surface area (Å²) in [6.45, 7) is 4.12. The molecule has 0 N–H and O–H groups in total. The molecule has 0 amide bonds. The van der Waals surface area contributed by atoms with E-state index in [-0.39, 0.29) is 0 Å². The van der Waals surface area contributed by atoms with Crippen LogP contribution in [-0.4, -0.2) is 30.3 Å². The second-order valence-corrected chi connectivity index (χ2v) is 2.67. The molecule has 0 aliphatic carbocycles. The summed E-state index contributed by atoms with van der Waals surface area (Å²) in [6, 6.07) is 0.371. The first-order valence-electron chi connectivity index (χ1n) is 3.44. The summed E-state index contributed by atoms with van der Waals surface area (Å²) in [4.78, 5) is 5.31. The second kappa shape index (κ2) is 2.60. The number of rotatable bonds is 0. The molecular weight excluding hydrogens is 128 g/mol. The van der Waals surface area contributed by atoms with Gasteiger partial charge in [0.25, 0.3) is 0 Å². The van der Waals surface area contributed by atoms with Crippen molar-refractivity contribution >= 4 is 0 Å². The largest absolute Gasteiger partial charge is 0.242 e. The number of hydrogen-bond acceptors (Lipinski definition) is 3. The van der Waals surface area contributed by atoms with Crippen molar-refractivity contribution in [2.75, 3.05) is 14.1 Å². The molecule has 0 fully saturated rings. The Hall–Kier alpha value is -0.540. The van der Waals surface area contributed by atoms with Crippen molar-refractivity contribution in [1.82, 2.24) is 10.1 Å². The van der Waals surface area contributed by atoms with E-state index in [1.165, 1.54) is 0 Å². The lowest BCUT2D eigenvalue weighted by Gasteiger charge is -2.33. The first-order chi connectivity index (χ1) is 4.61. The third-order valence-electron chi connectivity index (χ3n) is 1.80. The van der Waals surface area contributed by atoms with E-state index in [4.69, 9.17) is 4.94 Å². The smallest absolute Gasteiger partial charge is 0.0546 e. The number of nitrogens with zero attached hydrogens (tertiary/aromatic N) is 2. The predicted octanol–water partition coefficient (Wildman–Crippen LogP) is 1.00. The van der Waals surface area contributed by atoms with Crippen LogP contribution in [0.1, 0.15) is 13.8 Å². The monoisotopic (exact) mass is 142 g/mol. The van der Waals surface area contributed by atoms with Gasteiger partial charge in [-0.15, -0.1) is 0 Å². The van der Waals surface area contributed by atoms with E-state index in [2.05, 4.69) is 13.0 Å². The summed E-state index contributed by atoms with van der Waals surface area (Å²) in [7, 11) is 3.82. The highest BCUT2D eigenvalue weighted by atomic mass is 16.8. The van der Waals surface area contributed by atoms with Gasteiger partial charge in [-0.05, 0) is 19.9 Å². The predicted molar refractivity (Wildman–Crippen MR) is 39.8 cm³/mol. The molecule has 0 radical (unpaired) electrons. The first-order valence-corrected chi connectivity index (χ1v) is 3.44. The Morgan fingerprint density at radius 3 is 2.60 bits per heavy atom. The second-order valence-electron chi connectivity index (χ2n) is 2.67. The zero-order chi connectivity index (χ0) is 7.72. The van der Waals surface area contributed by atoms with Gasteiger partial charge in [-0.25, -0.2) is 5.06 Å². The molecule has 1 aliphatic heterocycles. The fraction of sp³-hybridized carbons (Fsp3) is 0.714. The van der Waals surface area contributed by atoms with Crippen molar-refractivity contribution in [2.24, 2.45) is 0 Å². The van der Waals surface area contributed by atoms with Gasteiger partial charge in [-0.3, -0.25) is 0 Å². The molecule has 3 heteroatoms. The molecule has 0 aromatic rings. The van der Waals surface area contributed by atoms with Crippen molar-refractivity contribution in [3.05, 3.63) is 11.8 Å². The summed E-state index contributed by atoms with van der Waals surface area (Å²) in [5.74, 6) is 0. The van der Waals surface area contributed by atoms with Crippen LogP contribution in [0.2, 0.25) is 0 Å². The van der Waals surface area contributed by atoms with Crippen LogP contribution in [0.5, 0.6) is 0 Å². The lowest BCUT2D eigenvalue weighted by atomic mass is 10.2. The molecule has 0 saturated carbocycles. The van der Waals surface area contributed by atoms with Crippen LogP contribution in [0, 0.1) is 0 Å². The number of likely N-dealkylation sites (N-methyl/N-ethyl adjacent to an activating group) is 1. The Labute approximate surface area is 61.8 Å². The average Bonchev–Trinajstić information content (AvgIpc) is 1.84. The summed E-state index contributed by atoms with van der Waals surface area (Å²) >= 11 is 0. The molecule has 0 bridgehead atoms. The molecular formula is C7H14N2O. The Morgan fingerprint density at radius 1 is 1.50 bits per heavy atom. The molecule has 1 heterocycles. The number of allylic oxidation sites excluding steroid dienone is 1. The van der Waals surface area contributed by atoms with E-state index in [1.807, 2.05) is 26.1 Å². The van der Waals surface area contributed by atoms with Crippen LogP contribution in [0.4, 0.5) is 0 Å². The van der Waals surface area contributed by atoms with Crippen molar-refractivity contribution in [1.29, 1.82) is 0 Å². The topological polar surface area (TPSA) is 15.7 Å². The van der Waals surface area contributed by atoms with Crippen molar-refractivity contribution in [3.8, 4) is 0 Å². The molecule has 1 unspecified atom stereocenters. The molecule has 3 nitrogen and oxygen atoms in total. The average molecular weight is 142 g/mol. The Morgan fingerprint density at radius 2 is 2.10 bits per heavy atom. The fourth-order valence-electron chi connectivity index (χ4n) is 0.891. The van der Waals surface area contributed by atoms with E-state index < -0.39 is 0 Å². The van der Waals surface area contributed by atoms with Crippen LogP contribution in [0.25, 0.3) is 0 Å². The lowest BCUT2D eigenvalue weighted by molar-refractivity contribution is -0.306. The maximum atomic E-state index is 5.31. The van der Waals surface area contributed by atoms with E-state index in [0.29, 0.717) is 6.04 Å². The molecule has 0 aromatic carbocycles. The maximum Gasteiger partial charge on any atom is 0.0546 e. The highest BCUT2D eigenvalue weighted by Crippen LogP contribution is 2.13. The van der Waals surface area contributed by atoms with Gasteiger partial charge in [0.05, 0.1) is 6.04 Å². The highest BCUT2D eigenvalue weighted by Gasteiger charge is 2.16. The third-order valence-corrected chi connectivity index (χ3v) is 1.80. The van der Waals surface area contributed by atoms with Gasteiger partial charge in [0.2, 0.25) is 0 Å². The van der Waals surface area contributed by atoms with Crippen molar-refractivity contribution in [3.63, 3.8) is 0 Å². The quantitative estimate of drug-likeness (QED) is 0.502. The van der Waals surface area contributed by atoms with Crippen LogP contribution in [-0.2, 0) is 4.94 Å². The molecule has 1 aliphatic rings. The van der Waals surface area contributed by atoms with Gasteiger partial charge in [0.1, 0.15) is 0 Å². The molecule has 10 heavy (non-hydrogen) atoms. The minimum Gasteiger partial charge on any atom is -0.242 e. The van der Waals surface area contributed by atoms with Gasteiger partial charge in [0, 0.05) is 19.8 Å². The Kier molecular flexibility index (Phi) is 1.97. The van der Waals surface area contributed by atoms with Gasteiger partial charge in [-0.1, -0.05) is 0 Å². The lowest BCUT2D eigenvalue weighted by Crippen LogP contribution is -2.39. The third kappa shape index (κ3) is 1.30. The Balaban J connectivity index is 2.69. The fourth-order valence-corrected chi connectivity index (χ4v) is 0.891. The minimum atomic E-state index is 0.371. The zero-order valence-electron chi connectivity index (χ0n) is 6.96. The van der Waals surface area contributed by atoms with Crippen molar-refractivity contribution < 1.29 is 4.94 Å². The van der Waals surface area contributed by atoms with Crippen LogP contribution in [0.3, 0.4) is 0 Å². The van der Waals surface area contributed by atoms with Crippen molar-refractivity contribution in [2.45, 2.75) is 19.9 Å². The zero-order valence-corrected chi connectivity index (χ0v) is 6.96. The number of hydrogen-bond donors (Lipinski definition) is 0. The van der Waals surface area contributed by atoms with Crippen LogP contribution >= 0.6 is 0 Å². The molecule has 58 valence electrons. The van der Waals surface area contributed by atoms with Gasteiger partial charge >= 0.3 is 0 Å². The minimum absolute atomic E-state index is 0.371. The van der Waals surface area contributed by atoms with Gasteiger partial charge in [0.15, 0.2) is 0 Å². The highest BCUT2D eigenvalue weighted by molar-refractivity contribution is 5.00. The molecule has 0 aromatic heterocycles. The summed E-state index contributed by atoms with van der Waals surface area (Å²) in [5.41, 5.74) is 1.16. The van der Waals surface area contributed by atoms with Crippen LogP contribution < -0.4 is 0 Å². The Bertz CT molecular complexity index is 156. The van der Waals surface area contributed by atoms with Gasteiger partial charge in [-0.2, -0.15) is 10.0 Å². The van der Waals surface area contributed by atoms with Gasteiger partial charge < -0.3 is 0 Å². The standard InChI is InChI=1S/C7H14N2O/c1-6-5-7(2)9(4)10-8(6)3/h5-6H,1-4H3. The normalized spacial score (nSPS) is 28.6. The van der Waals surface area contributed by atoms with Crippen LogP contribution in [0.15, 0.2) is 11.8 Å². The molecule has 1 atom stereocenters. The van der Waals surface area contributed by atoms with E-state index in [9.17, 15) is 0 Å². The first kappa shape index (κ1) is 7.57.